The maximum absolute atomic E-state index is 8.32. The highest BCUT2D eigenvalue weighted by molar-refractivity contribution is 5.49. The van der Waals surface area contributed by atoms with Crippen molar-refractivity contribution in [3.8, 4) is 0 Å². The second kappa shape index (κ2) is 6.95. The highest BCUT2D eigenvalue weighted by Crippen LogP contribution is 2.04. The number of hydrogen-bond donors (Lipinski definition) is 0. The summed E-state index contributed by atoms with van der Waals surface area (Å²) in [5.41, 5.74) is 17.5. The predicted octanol–water partition coefficient (Wildman–Crippen LogP) is 3.69. The first kappa shape index (κ1) is 11.7. The number of hydrogen-bond acceptors (Lipinski definition) is 2. The molecule has 0 N–H and O–H groups in total. The fraction of sp³-hybridized carbons (Fsp3) is 0.200. The van der Waals surface area contributed by atoms with Crippen molar-refractivity contribution in [1.29, 1.82) is 0 Å². The van der Waals surface area contributed by atoms with Crippen molar-refractivity contribution in [3.05, 3.63) is 62.9 Å². The van der Waals surface area contributed by atoms with Crippen LogP contribution in [0.5, 0.6) is 0 Å². The molecule has 1 atom stereocenters. The van der Waals surface area contributed by atoms with Gasteiger partial charge in [-0.1, -0.05) is 52.7 Å². The van der Waals surface area contributed by atoms with E-state index in [0.29, 0.717) is 0 Å². The van der Waals surface area contributed by atoms with Crippen LogP contribution in [-0.2, 0) is 0 Å². The van der Waals surface area contributed by atoms with Gasteiger partial charge in [-0.2, -0.15) is 0 Å². The van der Waals surface area contributed by atoms with Crippen molar-refractivity contribution in [3.63, 3.8) is 0 Å². The summed E-state index contributed by atoms with van der Waals surface area (Å²) in [6.45, 7) is 0.129. The van der Waals surface area contributed by atoms with Crippen LogP contribution in [0.15, 0.2) is 46.6 Å². The molecule has 1 aromatic rings. The third kappa shape index (κ3) is 4.19. The van der Waals surface area contributed by atoms with E-state index in [4.69, 9.17) is 11.1 Å². The number of nitrogens with zero attached hydrogens (tertiary/aromatic N) is 6. The van der Waals surface area contributed by atoms with Crippen LogP contribution in [0.4, 0.5) is 0 Å². The van der Waals surface area contributed by atoms with E-state index in [1.807, 2.05) is 36.4 Å². The summed E-state index contributed by atoms with van der Waals surface area (Å²) in [5.74, 6) is 0. The van der Waals surface area contributed by atoms with E-state index in [2.05, 4.69) is 20.1 Å². The van der Waals surface area contributed by atoms with Gasteiger partial charge in [-0.3, -0.25) is 0 Å². The van der Waals surface area contributed by atoms with E-state index in [1.165, 1.54) is 0 Å². The average Bonchev–Trinajstić information content (AvgIpc) is 2.34. The van der Waals surface area contributed by atoms with Crippen molar-refractivity contribution < 1.29 is 0 Å². The highest BCUT2D eigenvalue weighted by atomic mass is 15.2. The van der Waals surface area contributed by atoms with Crippen LogP contribution in [0.1, 0.15) is 5.56 Å². The minimum absolute atomic E-state index is 0.129. The molecule has 1 aromatic carbocycles. The molecule has 0 radical (unpaired) electrons. The predicted molar refractivity (Wildman–Crippen MR) is 62.4 cm³/mol. The Labute approximate surface area is 92.5 Å². The quantitative estimate of drug-likeness (QED) is 0.405. The van der Waals surface area contributed by atoms with Crippen LogP contribution in [0.3, 0.4) is 0 Å². The molecule has 0 saturated carbocycles. The van der Waals surface area contributed by atoms with Gasteiger partial charge in [0.2, 0.25) is 0 Å². The summed E-state index contributed by atoms with van der Waals surface area (Å²) in [6.07, 6.45) is 3.54. The molecule has 1 rings (SSSR count). The first-order valence-corrected chi connectivity index (χ1v) is 4.65. The summed E-state index contributed by atoms with van der Waals surface area (Å²) in [4.78, 5) is 5.31. The summed E-state index contributed by atoms with van der Waals surface area (Å²) < 4.78 is 0. The Morgan fingerprint density at radius 1 is 1.19 bits per heavy atom. The molecule has 0 aliphatic rings. The van der Waals surface area contributed by atoms with Crippen molar-refractivity contribution >= 4 is 6.08 Å². The monoisotopic (exact) mass is 214 g/mol. The Kier molecular flexibility index (Phi) is 5.06. The van der Waals surface area contributed by atoms with Gasteiger partial charge in [-0.15, -0.1) is 0 Å². The van der Waals surface area contributed by atoms with Crippen molar-refractivity contribution in [2.45, 2.75) is 6.04 Å². The number of azide groups is 2. The van der Waals surface area contributed by atoms with Crippen LogP contribution >= 0.6 is 0 Å². The summed E-state index contributed by atoms with van der Waals surface area (Å²) in [5, 5.41) is 6.87. The third-order valence-corrected chi connectivity index (χ3v) is 1.84. The van der Waals surface area contributed by atoms with Crippen molar-refractivity contribution in [2.24, 2.45) is 10.2 Å². The Hall–Kier alpha value is -2.42. The molecule has 0 heterocycles. The molecular formula is C10H10N6. The topological polar surface area (TPSA) is 97.5 Å². The van der Waals surface area contributed by atoms with Gasteiger partial charge >= 0.3 is 0 Å². The Balaban J connectivity index is 2.71. The van der Waals surface area contributed by atoms with Crippen LogP contribution < -0.4 is 0 Å². The van der Waals surface area contributed by atoms with Gasteiger partial charge < -0.3 is 0 Å². The standard InChI is InChI=1S/C10H10N6/c11-15-13-8-10(14-16-12)7-6-9-4-2-1-3-5-9/h1-7,10H,8H2/b7-6+. The molecule has 0 spiro atoms. The van der Waals surface area contributed by atoms with Gasteiger partial charge in [-0.25, -0.2) is 0 Å². The molecule has 0 fully saturated rings. The highest BCUT2D eigenvalue weighted by Gasteiger charge is 1.98. The Bertz CT molecular complexity index is 440. The lowest BCUT2D eigenvalue weighted by Gasteiger charge is -1.99. The first-order valence-electron chi connectivity index (χ1n) is 4.65. The van der Waals surface area contributed by atoms with Gasteiger partial charge in [0.05, 0.1) is 6.04 Å². The maximum Gasteiger partial charge on any atom is 0.0614 e. The number of benzene rings is 1. The fourth-order valence-electron chi connectivity index (χ4n) is 1.11. The van der Waals surface area contributed by atoms with E-state index in [1.54, 1.807) is 6.08 Å². The molecule has 0 amide bonds. The second-order valence-electron chi connectivity index (χ2n) is 2.96. The van der Waals surface area contributed by atoms with E-state index < -0.39 is 6.04 Å². The van der Waals surface area contributed by atoms with Crippen molar-refractivity contribution in [1.82, 2.24) is 0 Å². The summed E-state index contributed by atoms with van der Waals surface area (Å²) >= 11 is 0. The van der Waals surface area contributed by atoms with Gasteiger partial charge in [0, 0.05) is 16.4 Å². The van der Waals surface area contributed by atoms with Gasteiger partial charge in [0.1, 0.15) is 0 Å². The lowest BCUT2D eigenvalue weighted by atomic mass is 10.2. The zero-order valence-corrected chi connectivity index (χ0v) is 8.51. The minimum Gasteiger partial charge on any atom is -0.0932 e. The first-order chi connectivity index (χ1) is 7.86. The molecule has 16 heavy (non-hydrogen) atoms. The summed E-state index contributed by atoms with van der Waals surface area (Å²) in [7, 11) is 0. The normalized spacial score (nSPS) is 11.5. The zero-order chi connectivity index (χ0) is 11.6. The Morgan fingerprint density at radius 2 is 1.94 bits per heavy atom. The molecule has 0 aliphatic carbocycles. The molecule has 0 saturated heterocycles. The molecule has 0 bridgehead atoms. The molecule has 6 heteroatoms. The molecular weight excluding hydrogens is 204 g/mol. The lowest BCUT2D eigenvalue weighted by Crippen LogP contribution is -2.02. The van der Waals surface area contributed by atoms with E-state index in [9.17, 15) is 0 Å². The van der Waals surface area contributed by atoms with Crippen LogP contribution in [0.25, 0.3) is 27.0 Å². The minimum atomic E-state index is -0.443. The van der Waals surface area contributed by atoms with E-state index >= 15 is 0 Å². The van der Waals surface area contributed by atoms with E-state index in [0.717, 1.165) is 5.56 Å². The second-order valence-corrected chi connectivity index (χ2v) is 2.96. The van der Waals surface area contributed by atoms with Crippen LogP contribution in [0, 0.1) is 0 Å². The third-order valence-electron chi connectivity index (χ3n) is 1.84. The molecule has 6 nitrogen and oxygen atoms in total. The largest absolute Gasteiger partial charge is 0.0932 e. The lowest BCUT2D eigenvalue weighted by molar-refractivity contribution is 0.812. The molecule has 1 unspecified atom stereocenters. The number of rotatable bonds is 5. The Morgan fingerprint density at radius 3 is 2.56 bits per heavy atom. The SMILES string of the molecule is [N-]=[N+]=NCC(/C=C/c1ccccc1)N=[N+]=[N-]. The smallest absolute Gasteiger partial charge is 0.0614 e. The van der Waals surface area contributed by atoms with E-state index in [-0.39, 0.29) is 6.54 Å². The van der Waals surface area contributed by atoms with Gasteiger partial charge in [0.25, 0.3) is 0 Å². The maximum atomic E-state index is 8.32. The van der Waals surface area contributed by atoms with Gasteiger partial charge in [-0.05, 0) is 16.6 Å². The summed E-state index contributed by atoms with van der Waals surface area (Å²) in [6, 6.07) is 9.16. The fourth-order valence-corrected chi connectivity index (χ4v) is 1.11. The van der Waals surface area contributed by atoms with Crippen LogP contribution in [-0.4, -0.2) is 12.6 Å². The molecule has 0 aliphatic heterocycles. The molecule has 0 aromatic heterocycles. The van der Waals surface area contributed by atoms with Gasteiger partial charge in [0.15, 0.2) is 0 Å². The van der Waals surface area contributed by atoms with Crippen molar-refractivity contribution in [2.75, 3.05) is 6.54 Å². The van der Waals surface area contributed by atoms with Crippen LogP contribution in [0.2, 0.25) is 0 Å². The average molecular weight is 214 g/mol. The molecule has 80 valence electrons. The zero-order valence-electron chi connectivity index (χ0n) is 8.51.